The molecule has 1 aliphatic rings. The molecule has 1 aliphatic heterocycles. The summed E-state index contributed by atoms with van der Waals surface area (Å²) in [6.45, 7) is 4.81. The van der Waals surface area contributed by atoms with Crippen molar-refractivity contribution in [2.45, 2.75) is 76.5 Å². The van der Waals surface area contributed by atoms with Crippen molar-refractivity contribution in [2.75, 3.05) is 117 Å². The van der Waals surface area contributed by atoms with E-state index in [0.717, 1.165) is 27.9 Å². The van der Waals surface area contributed by atoms with Crippen molar-refractivity contribution in [1.29, 1.82) is 5.41 Å². The SMILES string of the molecule is CCNC(=O)/N=C(/N)NCCC[C@@H](NC(=O)Cc1ccc(NCCCNC(=O)C(CCCNC(=N)N)NC(=O)[C@@H](Cc2ccc(-c3ccccc3)cc2)NCN2CCN(CC(=O)O)CCN(CC(=O)O)CCN(CC(=O)O)CC2)cc1)C(=O)NCc1ccc(O)cc1. The first-order valence-electron chi connectivity index (χ1n) is 30.8. The number of nitrogens with one attached hydrogen (secondary N) is 10. The number of nitrogens with zero attached hydrogens (tertiary/aromatic N) is 5. The fourth-order valence-electron chi connectivity index (χ4n) is 9.94. The number of hydrogen-bond acceptors (Lipinski definition) is 16. The molecule has 3 atom stereocenters. The smallest absolute Gasteiger partial charge is 0.344 e. The molecule has 0 bridgehead atoms. The highest BCUT2D eigenvalue weighted by Crippen LogP contribution is 2.20. The number of phenols is 1. The number of carbonyl (C=O) groups is 8. The lowest BCUT2D eigenvalue weighted by molar-refractivity contribution is -0.140. The Kier molecular flexibility index (Phi) is 32.2. The minimum atomic E-state index is -1.06. The quantitative estimate of drug-likeness (QED) is 0.0165. The van der Waals surface area contributed by atoms with Crippen molar-refractivity contribution in [3.63, 3.8) is 0 Å². The predicted molar refractivity (Wildman–Crippen MR) is 348 cm³/mol. The van der Waals surface area contributed by atoms with Crippen molar-refractivity contribution >= 4 is 65.2 Å². The second-order valence-electron chi connectivity index (χ2n) is 22.2. The number of nitrogens with two attached hydrogens (primary N) is 2. The molecule has 18 N–H and O–H groups in total. The fraction of sp³-hybridized carbons (Fsp3) is 0.460. The highest BCUT2D eigenvalue weighted by Gasteiger charge is 2.28. The number of aliphatic imine (C=N–C) groups is 1. The minimum Gasteiger partial charge on any atom is -0.508 e. The molecule has 1 fully saturated rings. The zero-order valence-electron chi connectivity index (χ0n) is 52.2. The average Bonchev–Trinajstić information content (AvgIpc) is 1.64. The maximum Gasteiger partial charge on any atom is 0.344 e. The van der Waals surface area contributed by atoms with E-state index >= 15 is 0 Å². The molecule has 4 aromatic rings. The van der Waals surface area contributed by atoms with Gasteiger partial charge in [-0.15, -0.1) is 0 Å². The van der Waals surface area contributed by atoms with Crippen molar-refractivity contribution in [1.82, 2.24) is 62.1 Å². The third-order valence-corrected chi connectivity index (χ3v) is 14.9. The van der Waals surface area contributed by atoms with Gasteiger partial charge in [0, 0.05) is 104 Å². The molecule has 0 spiro atoms. The second kappa shape index (κ2) is 40.3. The number of benzene rings is 4. The summed E-state index contributed by atoms with van der Waals surface area (Å²) < 4.78 is 0. The maximum absolute atomic E-state index is 14.7. The number of anilines is 1. The van der Waals surface area contributed by atoms with Crippen molar-refractivity contribution < 1.29 is 58.8 Å². The zero-order valence-corrected chi connectivity index (χ0v) is 52.2. The maximum atomic E-state index is 14.7. The van der Waals surface area contributed by atoms with Gasteiger partial charge in [-0.05, 0) is 97.5 Å². The molecule has 0 saturated carbocycles. The summed E-state index contributed by atoms with van der Waals surface area (Å²) in [5.74, 6) is -5.13. The number of rotatable bonds is 35. The standard InChI is InChI=1S/C63H91N17O12/c1-2-67-63(92)76-62(66)71-26-7-11-51(59(90)72-39-46-17-23-50(81)24-18-46)74-54(82)38-45-15-21-49(22-16-45)68-27-8-28-69-58(89)52(12-6-25-70-61(64)65)75-60(91)53(37-44-13-19-48(20-14-44)47-9-4-3-5-10-47)73-43-80-35-33-78(41-56(85)86)31-29-77(40-55(83)84)30-32-79(34-36-80)42-57(87)88/h3-5,9-10,13-24,51-53,68,73,81H,2,6-8,11-12,25-43H2,1H3,(H,69,89)(H,72,90)(H,74,82)(H,75,91)(H,83,84)(H,85,86)(H,87,88)(H4,64,65,70)(H4,66,67,71,76,92)/t51-,52?,53-/m1/s1. The van der Waals surface area contributed by atoms with Crippen LogP contribution in [0.2, 0.25) is 0 Å². The van der Waals surface area contributed by atoms with Crippen molar-refractivity contribution in [3.8, 4) is 16.9 Å². The number of urea groups is 1. The number of hydrogen-bond donors (Lipinski definition) is 16. The second-order valence-corrected chi connectivity index (χ2v) is 22.2. The van der Waals surface area contributed by atoms with Gasteiger partial charge in [-0.1, -0.05) is 78.9 Å². The number of guanidine groups is 2. The summed E-state index contributed by atoms with van der Waals surface area (Å²) in [4.78, 5) is 114. The minimum absolute atomic E-state index is 0.0266. The molecule has 500 valence electrons. The Balaban J connectivity index is 1.22. The van der Waals surface area contributed by atoms with Crippen LogP contribution in [0, 0.1) is 5.41 Å². The Morgan fingerprint density at radius 3 is 1.59 bits per heavy atom. The third kappa shape index (κ3) is 29.5. The summed E-state index contributed by atoms with van der Waals surface area (Å²) >= 11 is 0. The molecular formula is C63H91N17O12. The summed E-state index contributed by atoms with van der Waals surface area (Å²) in [6, 6.07) is 27.7. The van der Waals surface area contributed by atoms with E-state index in [1.807, 2.05) is 71.6 Å². The number of carboxylic acid groups (broad SMARTS) is 3. The molecule has 0 radical (unpaired) electrons. The van der Waals surface area contributed by atoms with Crippen LogP contribution < -0.4 is 59.3 Å². The topological polar surface area (TPSA) is 427 Å². The van der Waals surface area contributed by atoms with Crippen LogP contribution in [0.3, 0.4) is 0 Å². The molecular weight excluding hydrogens is 1190 g/mol. The van der Waals surface area contributed by atoms with Crippen LogP contribution in [0.25, 0.3) is 11.1 Å². The zero-order chi connectivity index (χ0) is 66.6. The Hall–Kier alpha value is -9.42. The number of carboxylic acids is 3. The van der Waals surface area contributed by atoms with Gasteiger partial charge in [0.05, 0.1) is 32.1 Å². The molecule has 92 heavy (non-hydrogen) atoms. The normalized spacial score (nSPS) is 14.8. The molecule has 0 aliphatic carbocycles. The van der Waals surface area contributed by atoms with Crippen LogP contribution in [0.5, 0.6) is 5.75 Å². The van der Waals surface area contributed by atoms with E-state index in [9.17, 15) is 58.8 Å². The summed E-state index contributed by atoms with van der Waals surface area (Å²) in [7, 11) is 0. The molecule has 0 aromatic heterocycles. The van der Waals surface area contributed by atoms with Crippen LogP contribution in [0.1, 0.15) is 55.7 Å². The first kappa shape index (κ1) is 73.3. The number of carbonyl (C=O) groups excluding carboxylic acids is 5. The lowest BCUT2D eigenvalue weighted by Gasteiger charge is -2.33. The Labute approximate surface area is 536 Å². The van der Waals surface area contributed by atoms with E-state index in [0.29, 0.717) is 51.0 Å². The largest absolute Gasteiger partial charge is 0.508 e. The van der Waals surface area contributed by atoms with Gasteiger partial charge in [0.25, 0.3) is 0 Å². The van der Waals surface area contributed by atoms with Gasteiger partial charge >= 0.3 is 23.9 Å². The third-order valence-electron chi connectivity index (χ3n) is 14.9. The van der Waals surface area contributed by atoms with Crippen LogP contribution in [-0.2, 0) is 52.9 Å². The fourth-order valence-corrected chi connectivity index (χ4v) is 9.94. The van der Waals surface area contributed by atoms with Crippen molar-refractivity contribution in [3.05, 3.63) is 120 Å². The van der Waals surface area contributed by atoms with E-state index in [1.54, 1.807) is 45.9 Å². The predicted octanol–water partition coefficient (Wildman–Crippen LogP) is 0.117. The van der Waals surface area contributed by atoms with E-state index < -0.39 is 65.7 Å². The Bertz CT molecular complexity index is 2980. The van der Waals surface area contributed by atoms with Crippen LogP contribution >= 0.6 is 0 Å². The first-order valence-corrected chi connectivity index (χ1v) is 30.8. The number of aromatic hydroxyl groups is 1. The van der Waals surface area contributed by atoms with E-state index in [-0.39, 0.29) is 135 Å². The highest BCUT2D eigenvalue weighted by molar-refractivity contribution is 5.92. The van der Waals surface area contributed by atoms with Gasteiger partial charge in [-0.3, -0.25) is 63.9 Å². The van der Waals surface area contributed by atoms with E-state index in [4.69, 9.17) is 16.9 Å². The van der Waals surface area contributed by atoms with Crippen LogP contribution in [0.15, 0.2) is 108 Å². The lowest BCUT2D eigenvalue weighted by Crippen LogP contribution is -2.56. The van der Waals surface area contributed by atoms with Crippen LogP contribution in [0.4, 0.5) is 10.5 Å². The molecule has 6 amide bonds. The number of aliphatic carboxylic acids is 3. The Morgan fingerprint density at radius 2 is 1.03 bits per heavy atom. The molecule has 29 heteroatoms. The summed E-state index contributed by atoms with van der Waals surface area (Å²) in [5.41, 5.74) is 16.4. The molecule has 1 heterocycles. The van der Waals surface area contributed by atoms with Gasteiger partial charge in [-0.2, -0.15) is 4.99 Å². The average molecular weight is 1280 g/mol. The van der Waals surface area contributed by atoms with Gasteiger partial charge in [0.2, 0.25) is 23.6 Å². The molecule has 29 nitrogen and oxygen atoms in total. The molecule has 5 rings (SSSR count). The Morgan fingerprint density at radius 1 is 0.533 bits per heavy atom. The van der Waals surface area contributed by atoms with E-state index in [2.05, 4.69) is 52.8 Å². The van der Waals surface area contributed by atoms with Crippen LogP contribution in [-0.4, -0.2) is 229 Å². The molecule has 1 unspecified atom stereocenters. The van der Waals surface area contributed by atoms with E-state index in [1.165, 1.54) is 12.1 Å². The molecule has 1 saturated heterocycles. The van der Waals surface area contributed by atoms with Gasteiger partial charge < -0.3 is 74.4 Å². The first-order chi connectivity index (χ1) is 44.2. The van der Waals surface area contributed by atoms with Crippen molar-refractivity contribution in [2.24, 2.45) is 16.5 Å². The van der Waals surface area contributed by atoms with Gasteiger partial charge in [-0.25, -0.2) is 4.79 Å². The molecule has 4 aromatic carbocycles. The number of phenolic OH excluding ortho intramolecular Hbond substituents is 1. The summed E-state index contributed by atoms with van der Waals surface area (Å²) in [5, 5.41) is 72.9. The highest BCUT2D eigenvalue weighted by atomic mass is 16.4. The lowest BCUT2D eigenvalue weighted by atomic mass is 10.00. The van der Waals surface area contributed by atoms with Gasteiger partial charge in [0.1, 0.15) is 17.8 Å². The summed E-state index contributed by atoms with van der Waals surface area (Å²) in [6.07, 6.45) is 1.82. The monoisotopic (exact) mass is 1280 g/mol. The number of amides is 6. The van der Waals surface area contributed by atoms with Gasteiger partial charge in [0.15, 0.2) is 11.9 Å².